The molecule has 1 aromatic rings. The number of hydrogen-bond acceptors (Lipinski definition) is 1. The first-order valence-electron chi connectivity index (χ1n) is 3.70. The Morgan fingerprint density at radius 3 is 2.50 bits per heavy atom. The lowest BCUT2D eigenvalue weighted by Crippen LogP contribution is -2.09. The van der Waals surface area contributed by atoms with Crippen LogP contribution in [0.4, 0.5) is 0 Å². The Morgan fingerprint density at radius 2 is 2.00 bits per heavy atom. The number of aliphatic hydroxyl groups excluding tert-OH is 1. The van der Waals surface area contributed by atoms with Crippen LogP contribution in [0.15, 0.2) is 34.8 Å². The van der Waals surface area contributed by atoms with Crippen molar-refractivity contribution in [2.24, 2.45) is 0 Å². The molecular formula is C10H10BrO. The van der Waals surface area contributed by atoms with Gasteiger partial charge in [-0.1, -0.05) is 46.3 Å². The Balaban J connectivity index is 2.58. The maximum absolute atomic E-state index is 9.37. The quantitative estimate of drug-likeness (QED) is 0.838. The molecule has 0 heterocycles. The van der Waals surface area contributed by atoms with Gasteiger partial charge in [0.15, 0.2) is 0 Å². The van der Waals surface area contributed by atoms with Gasteiger partial charge >= 0.3 is 0 Å². The highest BCUT2D eigenvalue weighted by molar-refractivity contribution is 9.11. The monoisotopic (exact) mass is 225 g/mol. The van der Waals surface area contributed by atoms with E-state index in [1.807, 2.05) is 30.3 Å². The maximum Gasteiger partial charge on any atom is 0.0894 e. The lowest BCUT2D eigenvalue weighted by Gasteiger charge is -2.07. The Labute approximate surface area is 80.9 Å². The van der Waals surface area contributed by atoms with Crippen LogP contribution in [-0.2, 0) is 6.42 Å². The van der Waals surface area contributed by atoms with Crippen molar-refractivity contribution in [2.75, 3.05) is 0 Å². The highest BCUT2D eigenvalue weighted by Crippen LogP contribution is 2.12. The fourth-order valence-electron chi connectivity index (χ4n) is 0.935. The first kappa shape index (κ1) is 9.49. The van der Waals surface area contributed by atoms with Gasteiger partial charge in [0, 0.05) is 10.9 Å². The summed E-state index contributed by atoms with van der Waals surface area (Å²) in [5, 5.41) is 9.37. The summed E-state index contributed by atoms with van der Waals surface area (Å²) in [5.74, 6) is 0. The zero-order valence-corrected chi connectivity index (χ0v) is 8.16. The first-order chi connectivity index (χ1) is 5.70. The number of rotatable bonds is 3. The van der Waals surface area contributed by atoms with Crippen molar-refractivity contribution in [3.63, 3.8) is 0 Å². The van der Waals surface area contributed by atoms with Crippen LogP contribution in [0, 0.1) is 6.58 Å². The topological polar surface area (TPSA) is 20.2 Å². The predicted molar refractivity (Wildman–Crippen MR) is 52.9 cm³/mol. The number of hydrogen-bond donors (Lipinski definition) is 1. The van der Waals surface area contributed by atoms with E-state index in [1.165, 1.54) is 0 Å². The largest absolute Gasteiger partial charge is 0.388 e. The second-order valence-corrected chi connectivity index (χ2v) is 3.51. The van der Waals surface area contributed by atoms with Gasteiger partial charge in [-0.3, -0.25) is 0 Å². The third kappa shape index (κ3) is 2.80. The summed E-state index contributed by atoms with van der Waals surface area (Å²) in [6.07, 6.45) is -0.0508. The van der Waals surface area contributed by atoms with Crippen molar-refractivity contribution < 1.29 is 5.11 Å². The molecule has 1 rings (SSSR count). The van der Waals surface area contributed by atoms with Crippen LogP contribution in [0.25, 0.3) is 0 Å². The smallest absolute Gasteiger partial charge is 0.0894 e. The molecule has 0 aliphatic carbocycles. The second-order valence-electron chi connectivity index (χ2n) is 2.59. The SMILES string of the molecule is [CH]=C(Br)[C@H](O)Cc1ccccc1. The summed E-state index contributed by atoms with van der Waals surface area (Å²) >= 11 is 3.04. The third-order valence-corrected chi connectivity index (χ3v) is 2.12. The minimum absolute atomic E-state index is 0.381. The molecule has 0 saturated carbocycles. The molecule has 1 aromatic carbocycles. The molecule has 0 saturated heterocycles. The lowest BCUT2D eigenvalue weighted by molar-refractivity contribution is 0.221. The number of aliphatic hydroxyl groups is 1. The van der Waals surface area contributed by atoms with Crippen molar-refractivity contribution in [1.82, 2.24) is 0 Å². The van der Waals surface area contributed by atoms with Crippen molar-refractivity contribution in [2.45, 2.75) is 12.5 Å². The summed E-state index contributed by atoms with van der Waals surface area (Å²) in [7, 11) is 0. The Hall–Kier alpha value is -0.600. The summed E-state index contributed by atoms with van der Waals surface area (Å²) in [5.41, 5.74) is 1.08. The van der Waals surface area contributed by atoms with Gasteiger partial charge < -0.3 is 5.11 Å². The third-order valence-electron chi connectivity index (χ3n) is 1.59. The minimum atomic E-state index is -0.604. The molecule has 0 aromatic heterocycles. The molecule has 1 nitrogen and oxygen atoms in total. The fraction of sp³-hybridized carbons (Fsp3) is 0.200. The zero-order valence-electron chi connectivity index (χ0n) is 6.57. The van der Waals surface area contributed by atoms with Crippen molar-refractivity contribution in [3.8, 4) is 0 Å². The molecule has 2 heteroatoms. The van der Waals surface area contributed by atoms with E-state index in [4.69, 9.17) is 6.58 Å². The van der Waals surface area contributed by atoms with Gasteiger partial charge in [-0.2, -0.15) is 0 Å². The van der Waals surface area contributed by atoms with Gasteiger partial charge in [-0.15, -0.1) is 0 Å². The Bertz CT molecular complexity index is 256. The van der Waals surface area contributed by atoms with Gasteiger partial charge in [0.05, 0.1) is 6.10 Å². The standard InChI is InChI=1S/C10H10BrO/c1-8(11)10(12)7-9-5-3-2-4-6-9/h1-6,10,12H,7H2/t10-/m1/s1. The van der Waals surface area contributed by atoms with E-state index in [-0.39, 0.29) is 0 Å². The van der Waals surface area contributed by atoms with Crippen LogP contribution in [0.2, 0.25) is 0 Å². The zero-order chi connectivity index (χ0) is 8.97. The normalized spacial score (nSPS) is 12.5. The average Bonchev–Trinajstić information content (AvgIpc) is 2.06. The van der Waals surface area contributed by atoms with Crippen LogP contribution >= 0.6 is 15.9 Å². The van der Waals surface area contributed by atoms with E-state index >= 15 is 0 Å². The molecule has 0 bridgehead atoms. The molecule has 63 valence electrons. The lowest BCUT2D eigenvalue weighted by atomic mass is 10.1. The van der Waals surface area contributed by atoms with Crippen molar-refractivity contribution in [3.05, 3.63) is 47.0 Å². The molecular weight excluding hydrogens is 216 g/mol. The minimum Gasteiger partial charge on any atom is -0.388 e. The van der Waals surface area contributed by atoms with E-state index in [0.29, 0.717) is 10.9 Å². The summed E-state index contributed by atoms with van der Waals surface area (Å²) in [6, 6.07) is 9.73. The molecule has 0 unspecified atom stereocenters. The Morgan fingerprint density at radius 1 is 1.42 bits per heavy atom. The molecule has 1 radical (unpaired) electrons. The van der Waals surface area contributed by atoms with Gasteiger partial charge in [-0.05, 0) is 12.1 Å². The number of benzene rings is 1. The summed E-state index contributed by atoms with van der Waals surface area (Å²) in [4.78, 5) is 0. The highest BCUT2D eigenvalue weighted by atomic mass is 79.9. The first-order valence-corrected chi connectivity index (χ1v) is 4.49. The molecule has 0 aliphatic heterocycles. The van der Waals surface area contributed by atoms with E-state index in [9.17, 15) is 5.11 Å². The van der Waals surface area contributed by atoms with Crippen molar-refractivity contribution in [1.29, 1.82) is 0 Å². The van der Waals surface area contributed by atoms with E-state index in [2.05, 4.69) is 15.9 Å². The van der Waals surface area contributed by atoms with Crippen LogP contribution in [0.5, 0.6) is 0 Å². The van der Waals surface area contributed by atoms with E-state index < -0.39 is 6.10 Å². The molecule has 1 atom stereocenters. The highest BCUT2D eigenvalue weighted by Gasteiger charge is 2.05. The Kier molecular flexibility index (Phi) is 3.50. The van der Waals surface area contributed by atoms with Crippen LogP contribution < -0.4 is 0 Å². The predicted octanol–water partition coefficient (Wildman–Crippen LogP) is 2.30. The fourth-order valence-corrected chi connectivity index (χ4v) is 1.10. The molecule has 1 N–H and O–H groups in total. The van der Waals surface area contributed by atoms with E-state index in [0.717, 1.165) is 5.56 Å². The average molecular weight is 226 g/mol. The van der Waals surface area contributed by atoms with Gasteiger partial charge in [-0.25, -0.2) is 0 Å². The van der Waals surface area contributed by atoms with Crippen molar-refractivity contribution >= 4 is 15.9 Å². The second kappa shape index (κ2) is 4.43. The molecule has 0 aliphatic rings. The van der Waals surface area contributed by atoms with Gasteiger partial charge in [0.1, 0.15) is 0 Å². The molecule has 12 heavy (non-hydrogen) atoms. The number of halogens is 1. The maximum atomic E-state index is 9.37. The summed E-state index contributed by atoms with van der Waals surface area (Å²) in [6.45, 7) is 5.37. The van der Waals surface area contributed by atoms with Gasteiger partial charge in [0.2, 0.25) is 0 Å². The van der Waals surface area contributed by atoms with Gasteiger partial charge in [0.25, 0.3) is 0 Å². The van der Waals surface area contributed by atoms with E-state index in [1.54, 1.807) is 0 Å². The van der Waals surface area contributed by atoms with Crippen LogP contribution in [0.3, 0.4) is 0 Å². The molecule has 0 spiro atoms. The molecule has 0 amide bonds. The summed E-state index contributed by atoms with van der Waals surface area (Å²) < 4.78 is 0.381. The molecule has 0 fully saturated rings. The van der Waals surface area contributed by atoms with Crippen LogP contribution in [0.1, 0.15) is 5.56 Å². The van der Waals surface area contributed by atoms with Crippen LogP contribution in [-0.4, -0.2) is 11.2 Å².